The number of aryl methyl sites for hydroxylation is 2. The second-order valence-corrected chi connectivity index (χ2v) is 6.35. The van der Waals surface area contributed by atoms with Crippen molar-refractivity contribution in [1.29, 1.82) is 0 Å². The van der Waals surface area contributed by atoms with Gasteiger partial charge in [0.05, 0.1) is 5.69 Å². The molecule has 0 atom stereocenters. The molecule has 0 saturated carbocycles. The van der Waals surface area contributed by atoms with E-state index in [0.717, 1.165) is 11.5 Å². The van der Waals surface area contributed by atoms with E-state index in [2.05, 4.69) is 64.9 Å². The van der Waals surface area contributed by atoms with Gasteiger partial charge in [-0.3, -0.25) is 0 Å². The van der Waals surface area contributed by atoms with Crippen LogP contribution in [-0.2, 0) is 11.0 Å². The average Bonchev–Trinajstić information content (AvgIpc) is 2.22. The summed E-state index contributed by atoms with van der Waals surface area (Å²) in [7, 11) is 0. The monoisotopic (exact) mass is 208 g/mol. The average molecular weight is 208 g/mol. The van der Waals surface area contributed by atoms with Crippen LogP contribution in [0.4, 0.5) is 0 Å². The molecule has 0 bridgehead atoms. The Balaban J connectivity index is 3.51. The lowest BCUT2D eigenvalue weighted by molar-refractivity contribution is 0.351. The van der Waals surface area contributed by atoms with Crippen LogP contribution < -0.4 is 0 Å². The van der Waals surface area contributed by atoms with Gasteiger partial charge in [-0.15, -0.1) is 0 Å². The summed E-state index contributed by atoms with van der Waals surface area (Å²) in [6.07, 6.45) is 0. The van der Waals surface area contributed by atoms with Crippen LogP contribution >= 0.6 is 0 Å². The molecule has 0 amide bonds. The lowest BCUT2D eigenvalue weighted by Crippen LogP contribution is -2.30. The molecule has 0 radical (unpaired) electrons. The molecular formula is C13H24N2. The second-order valence-electron chi connectivity index (χ2n) is 6.35. The van der Waals surface area contributed by atoms with Crippen molar-refractivity contribution in [3.63, 3.8) is 0 Å². The van der Waals surface area contributed by atoms with Crippen LogP contribution in [0.15, 0.2) is 0 Å². The highest BCUT2D eigenvalue weighted by Gasteiger charge is 2.28. The molecule has 86 valence electrons. The molecule has 1 aromatic rings. The van der Waals surface area contributed by atoms with Crippen LogP contribution in [-0.4, -0.2) is 9.55 Å². The van der Waals surface area contributed by atoms with Gasteiger partial charge in [0.25, 0.3) is 0 Å². The number of hydrogen-bond acceptors (Lipinski definition) is 1. The molecule has 1 heterocycles. The van der Waals surface area contributed by atoms with E-state index >= 15 is 0 Å². The van der Waals surface area contributed by atoms with E-state index in [-0.39, 0.29) is 11.0 Å². The van der Waals surface area contributed by atoms with Crippen LogP contribution in [0.25, 0.3) is 0 Å². The number of aromatic nitrogens is 2. The summed E-state index contributed by atoms with van der Waals surface area (Å²) in [6, 6.07) is 0. The SMILES string of the molecule is Cc1nc(C)n(C(C)(C)C)c1C(C)(C)C. The summed E-state index contributed by atoms with van der Waals surface area (Å²) in [6.45, 7) is 17.6. The smallest absolute Gasteiger partial charge is 0.106 e. The third-order valence-electron chi connectivity index (χ3n) is 2.60. The highest BCUT2D eigenvalue weighted by molar-refractivity contribution is 5.24. The summed E-state index contributed by atoms with van der Waals surface area (Å²) in [5.74, 6) is 1.12. The van der Waals surface area contributed by atoms with Crippen LogP contribution in [0.5, 0.6) is 0 Å². The predicted octanol–water partition coefficient (Wildman–Crippen LogP) is 3.55. The normalized spacial score (nSPS) is 13.3. The zero-order valence-electron chi connectivity index (χ0n) is 11.4. The molecule has 0 unspecified atom stereocenters. The number of rotatable bonds is 0. The summed E-state index contributed by atoms with van der Waals surface area (Å²) < 4.78 is 2.36. The fraction of sp³-hybridized carbons (Fsp3) is 0.769. The first-order valence-corrected chi connectivity index (χ1v) is 5.62. The van der Waals surface area contributed by atoms with Gasteiger partial charge in [0.2, 0.25) is 0 Å². The standard InChI is InChI=1S/C13H24N2/c1-9-11(12(3,4)5)15(10(2)14-9)13(6,7)8/h1-8H3. The van der Waals surface area contributed by atoms with Gasteiger partial charge >= 0.3 is 0 Å². The van der Waals surface area contributed by atoms with Gasteiger partial charge in [0, 0.05) is 16.6 Å². The van der Waals surface area contributed by atoms with Crippen molar-refractivity contribution in [3.8, 4) is 0 Å². The Labute approximate surface area is 93.7 Å². The molecule has 1 rings (SSSR count). The van der Waals surface area contributed by atoms with Crippen molar-refractivity contribution in [2.45, 2.75) is 66.3 Å². The van der Waals surface area contributed by atoms with Gasteiger partial charge < -0.3 is 4.57 Å². The largest absolute Gasteiger partial charge is 0.326 e. The van der Waals surface area contributed by atoms with E-state index in [9.17, 15) is 0 Å². The molecule has 2 heteroatoms. The zero-order valence-corrected chi connectivity index (χ0v) is 11.4. The van der Waals surface area contributed by atoms with E-state index in [4.69, 9.17) is 0 Å². The lowest BCUT2D eigenvalue weighted by atomic mass is 9.89. The van der Waals surface area contributed by atoms with E-state index < -0.39 is 0 Å². The van der Waals surface area contributed by atoms with Gasteiger partial charge in [-0.1, -0.05) is 20.8 Å². The fourth-order valence-electron chi connectivity index (χ4n) is 2.37. The van der Waals surface area contributed by atoms with E-state index in [1.165, 1.54) is 5.69 Å². The van der Waals surface area contributed by atoms with Crippen LogP contribution in [0.1, 0.15) is 58.8 Å². The fourth-order valence-corrected chi connectivity index (χ4v) is 2.37. The third kappa shape index (κ3) is 2.24. The maximum absolute atomic E-state index is 4.61. The third-order valence-corrected chi connectivity index (χ3v) is 2.60. The van der Waals surface area contributed by atoms with Gasteiger partial charge in [-0.05, 0) is 34.6 Å². The predicted molar refractivity (Wildman–Crippen MR) is 65.4 cm³/mol. The van der Waals surface area contributed by atoms with Crippen molar-refractivity contribution in [2.75, 3.05) is 0 Å². The molecule has 0 aromatic carbocycles. The minimum absolute atomic E-state index is 0.105. The van der Waals surface area contributed by atoms with Crippen molar-refractivity contribution in [1.82, 2.24) is 9.55 Å². The van der Waals surface area contributed by atoms with Crippen LogP contribution in [0.3, 0.4) is 0 Å². The molecule has 0 fully saturated rings. The maximum atomic E-state index is 4.61. The van der Waals surface area contributed by atoms with Crippen molar-refractivity contribution in [3.05, 3.63) is 17.2 Å². The van der Waals surface area contributed by atoms with Crippen LogP contribution in [0, 0.1) is 13.8 Å². The quantitative estimate of drug-likeness (QED) is 0.637. The Morgan fingerprint density at radius 2 is 1.40 bits per heavy atom. The van der Waals surface area contributed by atoms with Gasteiger partial charge in [0.15, 0.2) is 0 Å². The van der Waals surface area contributed by atoms with Gasteiger partial charge in [0.1, 0.15) is 5.82 Å². The Morgan fingerprint density at radius 3 is 1.67 bits per heavy atom. The highest BCUT2D eigenvalue weighted by Crippen LogP contribution is 2.31. The second kappa shape index (κ2) is 3.36. The first kappa shape index (κ1) is 12.3. The molecular weight excluding hydrogens is 184 g/mol. The van der Waals surface area contributed by atoms with Crippen molar-refractivity contribution < 1.29 is 0 Å². The first-order valence-electron chi connectivity index (χ1n) is 5.62. The molecule has 0 N–H and O–H groups in total. The molecule has 0 aliphatic heterocycles. The topological polar surface area (TPSA) is 17.8 Å². The summed E-state index contributed by atoms with van der Waals surface area (Å²) in [5, 5.41) is 0. The molecule has 0 aliphatic rings. The molecule has 0 aliphatic carbocycles. The van der Waals surface area contributed by atoms with Gasteiger partial charge in [-0.25, -0.2) is 4.98 Å². The Kier molecular flexibility index (Phi) is 2.75. The Bertz CT molecular complexity index is 325. The Morgan fingerprint density at radius 1 is 0.933 bits per heavy atom. The van der Waals surface area contributed by atoms with E-state index in [1.54, 1.807) is 0 Å². The summed E-state index contributed by atoms with van der Waals surface area (Å²) >= 11 is 0. The molecule has 15 heavy (non-hydrogen) atoms. The van der Waals surface area contributed by atoms with Gasteiger partial charge in [-0.2, -0.15) is 0 Å². The summed E-state index contributed by atoms with van der Waals surface area (Å²) in [5.41, 5.74) is 2.77. The minimum Gasteiger partial charge on any atom is -0.326 e. The highest BCUT2D eigenvalue weighted by atomic mass is 15.1. The number of hydrogen-bond donors (Lipinski definition) is 0. The number of nitrogens with zero attached hydrogens (tertiary/aromatic N) is 2. The molecule has 0 spiro atoms. The molecule has 0 saturated heterocycles. The number of imidazole rings is 1. The maximum Gasteiger partial charge on any atom is 0.106 e. The van der Waals surface area contributed by atoms with E-state index in [0.29, 0.717) is 0 Å². The molecule has 2 nitrogen and oxygen atoms in total. The lowest BCUT2D eigenvalue weighted by Gasteiger charge is -2.31. The first-order chi connectivity index (χ1) is 6.55. The van der Waals surface area contributed by atoms with Crippen molar-refractivity contribution >= 4 is 0 Å². The van der Waals surface area contributed by atoms with Crippen LogP contribution in [0.2, 0.25) is 0 Å². The molecule has 1 aromatic heterocycles. The van der Waals surface area contributed by atoms with E-state index in [1.807, 2.05) is 0 Å². The summed E-state index contributed by atoms with van der Waals surface area (Å²) in [4.78, 5) is 4.61. The van der Waals surface area contributed by atoms with Crippen molar-refractivity contribution in [2.24, 2.45) is 0 Å². The minimum atomic E-state index is 0.105. The zero-order chi connectivity index (χ0) is 12.0. The Hall–Kier alpha value is -0.790.